The van der Waals surface area contributed by atoms with Crippen LogP contribution in [0.15, 0.2) is 24.6 Å². The second kappa shape index (κ2) is 20.7. The van der Waals surface area contributed by atoms with Gasteiger partial charge in [0.05, 0.1) is 0 Å². The van der Waals surface area contributed by atoms with Crippen molar-refractivity contribution in [2.45, 2.75) is 74.1 Å². The molecule has 0 rings (SSSR count). The zero-order valence-electron chi connectivity index (χ0n) is 13.3. The minimum Gasteiger partial charge on any atom is -0.353 e. The fraction of sp³-hybridized carbons (Fsp3) is 0.750. The summed E-state index contributed by atoms with van der Waals surface area (Å²) in [6.07, 6.45) is 9.07. The van der Waals surface area contributed by atoms with E-state index >= 15 is 0 Å². The molecule has 0 heterocycles. The van der Waals surface area contributed by atoms with Gasteiger partial charge in [-0.2, -0.15) is 0 Å². The van der Waals surface area contributed by atoms with Crippen molar-refractivity contribution in [1.82, 2.24) is 4.90 Å². The average molecular weight is 241 g/mol. The maximum absolute atomic E-state index is 3.83. The second-order valence-electron chi connectivity index (χ2n) is 3.18. The van der Waals surface area contributed by atoms with Crippen LogP contribution in [0, 0.1) is 0 Å². The summed E-state index contributed by atoms with van der Waals surface area (Å²) < 4.78 is 0. The van der Waals surface area contributed by atoms with Gasteiger partial charge in [0.2, 0.25) is 0 Å². The van der Waals surface area contributed by atoms with Crippen LogP contribution in [0.3, 0.4) is 0 Å². The van der Waals surface area contributed by atoms with Gasteiger partial charge in [0.25, 0.3) is 0 Å². The summed E-state index contributed by atoms with van der Waals surface area (Å²) in [5.74, 6) is 0. The number of nitrogens with zero attached hydrogens (tertiary/aromatic N) is 1. The first kappa shape index (κ1) is 21.6. The lowest BCUT2D eigenvalue weighted by atomic mass is 10.1. The molecule has 0 amide bonds. The summed E-state index contributed by atoms with van der Waals surface area (Å²) in [7, 11) is 0. The van der Waals surface area contributed by atoms with Gasteiger partial charge in [-0.1, -0.05) is 60.6 Å². The number of rotatable bonds is 7. The third-order valence-electron chi connectivity index (χ3n) is 2.16. The Kier molecular flexibility index (Phi) is 26.2. The SMILES string of the molecule is C=CN(CC)/C(=C\CC)CCCC.CC.CC. The van der Waals surface area contributed by atoms with Crippen LogP contribution >= 0.6 is 0 Å². The quantitative estimate of drug-likeness (QED) is 0.529. The highest BCUT2D eigenvalue weighted by atomic mass is 15.1. The van der Waals surface area contributed by atoms with Gasteiger partial charge in [0.1, 0.15) is 0 Å². The minimum absolute atomic E-state index is 1.03. The van der Waals surface area contributed by atoms with Gasteiger partial charge in [0, 0.05) is 12.2 Å². The van der Waals surface area contributed by atoms with E-state index in [0.717, 1.165) is 13.0 Å². The normalized spacial score (nSPS) is 9.47. The molecule has 0 aliphatic carbocycles. The molecule has 0 unspecified atom stereocenters. The van der Waals surface area contributed by atoms with E-state index in [-0.39, 0.29) is 0 Å². The summed E-state index contributed by atoms with van der Waals surface area (Å²) in [5.41, 5.74) is 1.43. The van der Waals surface area contributed by atoms with Crippen LogP contribution in [0.5, 0.6) is 0 Å². The van der Waals surface area contributed by atoms with Gasteiger partial charge in [0.15, 0.2) is 0 Å². The van der Waals surface area contributed by atoms with Gasteiger partial charge in [-0.25, -0.2) is 0 Å². The maximum Gasteiger partial charge on any atom is 0.0193 e. The zero-order chi connectivity index (χ0) is 14.1. The lowest BCUT2D eigenvalue weighted by Gasteiger charge is -2.21. The highest BCUT2D eigenvalue weighted by Gasteiger charge is 2.01. The van der Waals surface area contributed by atoms with Crippen LogP contribution < -0.4 is 0 Å². The molecular formula is C16H35N. The lowest BCUT2D eigenvalue weighted by molar-refractivity contribution is 0.461. The summed E-state index contributed by atoms with van der Waals surface area (Å²) >= 11 is 0. The topological polar surface area (TPSA) is 3.24 Å². The Labute approximate surface area is 111 Å². The molecule has 0 atom stereocenters. The molecule has 17 heavy (non-hydrogen) atoms. The molecule has 0 aromatic carbocycles. The van der Waals surface area contributed by atoms with Crippen LogP contribution in [0.2, 0.25) is 0 Å². The van der Waals surface area contributed by atoms with Crippen molar-refractivity contribution in [3.63, 3.8) is 0 Å². The molecule has 0 saturated heterocycles. The fourth-order valence-corrected chi connectivity index (χ4v) is 1.41. The maximum atomic E-state index is 3.83. The molecule has 0 fully saturated rings. The molecule has 1 nitrogen and oxygen atoms in total. The Morgan fingerprint density at radius 1 is 1.06 bits per heavy atom. The monoisotopic (exact) mass is 241 g/mol. The highest BCUT2D eigenvalue weighted by molar-refractivity contribution is 5.04. The summed E-state index contributed by atoms with van der Waals surface area (Å²) in [4.78, 5) is 2.24. The molecule has 0 aromatic heterocycles. The molecule has 104 valence electrons. The number of unbranched alkanes of at least 4 members (excludes halogenated alkanes) is 1. The molecule has 0 bridgehead atoms. The van der Waals surface area contributed by atoms with Gasteiger partial charge in [-0.05, 0) is 32.4 Å². The Bertz CT molecular complexity index is 159. The third-order valence-corrected chi connectivity index (χ3v) is 2.16. The van der Waals surface area contributed by atoms with E-state index in [4.69, 9.17) is 0 Å². The summed E-state index contributed by atoms with van der Waals surface area (Å²) in [6.45, 7) is 19.4. The van der Waals surface area contributed by atoms with E-state index in [9.17, 15) is 0 Å². The third kappa shape index (κ3) is 13.2. The van der Waals surface area contributed by atoms with E-state index in [1.807, 2.05) is 33.9 Å². The molecule has 0 aliphatic heterocycles. The Balaban J connectivity index is -0.000000439. The standard InChI is InChI=1S/C12H23N.2C2H6/c1-5-9-11-12(10-6-2)13(7-3)8-4;2*1-2/h7,10H,3,5-6,8-9,11H2,1-2,4H3;2*1-2H3/b12-10-;;. The minimum atomic E-state index is 1.03. The van der Waals surface area contributed by atoms with Crippen molar-refractivity contribution in [1.29, 1.82) is 0 Å². The predicted octanol–water partition coefficient (Wildman–Crippen LogP) is 5.99. The molecule has 1 heteroatoms. The van der Waals surface area contributed by atoms with E-state index in [2.05, 4.69) is 38.3 Å². The molecule has 0 aliphatic rings. The largest absolute Gasteiger partial charge is 0.353 e. The average Bonchev–Trinajstić information content (AvgIpc) is 2.42. The van der Waals surface area contributed by atoms with Crippen LogP contribution in [0.4, 0.5) is 0 Å². The number of allylic oxidation sites excluding steroid dienone is 2. The van der Waals surface area contributed by atoms with Crippen LogP contribution in [-0.4, -0.2) is 11.4 Å². The summed E-state index contributed by atoms with van der Waals surface area (Å²) in [5, 5.41) is 0. The van der Waals surface area contributed by atoms with Gasteiger partial charge in [-0.3, -0.25) is 0 Å². The first-order valence-electron chi connectivity index (χ1n) is 7.38. The molecule has 0 radical (unpaired) electrons. The van der Waals surface area contributed by atoms with Crippen molar-refractivity contribution in [2.24, 2.45) is 0 Å². The van der Waals surface area contributed by atoms with Gasteiger partial charge >= 0.3 is 0 Å². The zero-order valence-corrected chi connectivity index (χ0v) is 13.3. The first-order chi connectivity index (χ1) is 8.29. The van der Waals surface area contributed by atoms with Gasteiger partial charge < -0.3 is 4.90 Å². The Morgan fingerprint density at radius 2 is 1.59 bits per heavy atom. The molecule has 0 saturated carbocycles. The van der Waals surface area contributed by atoms with E-state index in [1.165, 1.54) is 25.0 Å². The van der Waals surface area contributed by atoms with Crippen LogP contribution in [0.1, 0.15) is 74.1 Å². The molecular weight excluding hydrogens is 206 g/mol. The van der Waals surface area contributed by atoms with Crippen molar-refractivity contribution in [3.8, 4) is 0 Å². The predicted molar refractivity (Wildman–Crippen MR) is 83.2 cm³/mol. The second-order valence-corrected chi connectivity index (χ2v) is 3.18. The van der Waals surface area contributed by atoms with E-state index < -0.39 is 0 Å². The fourth-order valence-electron chi connectivity index (χ4n) is 1.41. The van der Waals surface area contributed by atoms with Crippen LogP contribution in [0.25, 0.3) is 0 Å². The van der Waals surface area contributed by atoms with Gasteiger partial charge in [-0.15, -0.1) is 0 Å². The number of hydrogen-bond acceptors (Lipinski definition) is 1. The molecule has 0 spiro atoms. The Morgan fingerprint density at radius 3 is 1.88 bits per heavy atom. The lowest BCUT2D eigenvalue weighted by Crippen LogP contribution is -2.15. The molecule has 0 N–H and O–H groups in total. The van der Waals surface area contributed by atoms with Crippen molar-refractivity contribution >= 4 is 0 Å². The van der Waals surface area contributed by atoms with Crippen molar-refractivity contribution in [2.75, 3.05) is 6.54 Å². The van der Waals surface area contributed by atoms with Crippen molar-refractivity contribution in [3.05, 3.63) is 24.6 Å². The highest BCUT2D eigenvalue weighted by Crippen LogP contribution is 2.13. The van der Waals surface area contributed by atoms with Crippen molar-refractivity contribution < 1.29 is 0 Å². The van der Waals surface area contributed by atoms with E-state index in [1.54, 1.807) is 0 Å². The number of hydrogen-bond donors (Lipinski definition) is 0. The first-order valence-corrected chi connectivity index (χ1v) is 7.38. The smallest absolute Gasteiger partial charge is 0.0193 e. The van der Waals surface area contributed by atoms with Crippen LogP contribution in [-0.2, 0) is 0 Å². The molecule has 0 aromatic rings. The summed E-state index contributed by atoms with van der Waals surface area (Å²) in [6, 6.07) is 0. The van der Waals surface area contributed by atoms with E-state index in [0.29, 0.717) is 0 Å². The Hall–Kier alpha value is -0.720.